The van der Waals surface area contributed by atoms with Crippen LogP contribution in [0.15, 0.2) is 12.1 Å². The number of nitrogens with zero attached hydrogens (tertiary/aromatic N) is 1. The zero-order chi connectivity index (χ0) is 15.3. The fraction of sp³-hybridized carbons (Fsp3) is 0.412. The normalized spacial score (nSPS) is 21.3. The highest BCUT2D eigenvalue weighted by Gasteiger charge is 2.30. The largest absolute Gasteiger partial charge is 0.478 e. The third-order valence-corrected chi connectivity index (χ3v) is 4.08. The van der Waals surface area contributed by atoms with Gasteiger partial charge in [-0.1, -0.05) is 6.07 Å². The first-order valence-electron chi connectivity index (χ1n) is 7.21. The van der Waals surface area contributed by atoms with Crippen LogP contribution in [0.3, 0.4) is 0 Å². The first kappa shape index (κ1) is 14.0. The predicted molar refractivity (Wildman–Crippen MR) is 80.8 cm³/mol. The smallest absolute Gasteiger partial charge is 0.336 e. The number of pyridine rings is 1. The van der Waals surface area contributed by atoms with E-state index in [0.29, 0.717) is 12.0 Å². The molecular weight excluding hydrogens is 266 g/mol. The first-order chi connectivity index (χ1) is 9.88. The fourth-order valence-corrected chi connectivity index (χ4v) is 3.40. The van der Waals surface area contributed by atoms with Crippen molar-refractivity contribution in [3.63, 3.8) is 0 Å². The number of aryl methyl sites for hydroxylation is 2. The van der Waals surface area contributed by atoms with Crippen LogP contribution in [0.25, 0.3) is 10.9 Å². The Morgan fingerprint density at radius 2 is 2.05 bits per heavy atom. The molecule has 0 spiro atoms. The maximum atomic E-state index is 11.9. The lowest BCUT2D eigenvalue weighted by atomic mass is 9.90. The summed E-state index contributed by atoms with van der Waals surface area (Å²) < 4.78 is 5.81. The van der Waals surface area contributed by atoms with Crippen LogP contribution in [0, 0.1) is 13.8 Å². The van der Waals surface area contributed by atoms with Crippen molar-refractivity contribution in [3.05, 3.63) is 40.1 Å². The molecule has 4 heteroatoms. The fourth-order valence-electron chi connectivity index (χ4n) is 3.40. The van der Waals surface area contributed by atoms with Gasteiger partial charge in [0.25, 0.3) is 0 Å². The molecule has 110 valence electrons. The summed E-state index contributed by atoms with van der Waals surface area (Å²) in [4.78, 5) is 16.6. The van der Waals surface area contributed by atoms with E-state index in [1.165, 1.54) is 0 Å². The second kappa shape index (κ2) is 4.81. The monoisotopic (exact) mass is 285 g/mol. The summed E-state index contributed by atoms with van der Waals surface area (Å²) in [6.45, 7) is 7.83. The Morgan fingerprint density at radius 3 is 2.71 bits per heavy atom. The van der Waals surface area contributed by atoms with Gasteiger partial charge in [-0.25, -0.2) is 4.79 Å². The van der Waals surface area contributed by atoms with E-state index in [1.54, 1.807) is 0 Å². The lowest BCUT2D eigenvalue weighted by molar-refractivity contribution is -0.00661. The molecule has 0 radical (unpaired) electrons. The number of carboxylic acids is 1. The highest BCUT2D eigenvalue weighted by Crippen LogP contribution is 2.36. The Kier molecular flexibility index (Phi) is 3.21. The summed E-state index contributed by atoms with van der Waals surface area (Å²) in [6.07, 6.45) is 0.473. The number of fused-ring (bicyclic) bond motifs is 2. The molecule has 0 bridgehead atoms. The van der Waals surface area contributed by atoms with Gasteiger partial charge in [-0.05, 0) is 44.9 Å². The molecule has 0 amide bonds. The minimum absolute atomic E-state index is 0.0602. The number of benzene rings is 1. The molecule has 1 aliphatic heterocycles. The second-order valence-electron chi connectivity index (χ2n) is 5.92. The molecule has 0 aliphatic carbocycles. The molecule has 4 nitrogen and oxygen atoms in total. The number of hydrogen-bond donors (Lipinski definition) is 1. The van der Waals surface area contributed by atoms with Gasteiger partial charge >= 0.3 is 5.97 Å². The van der Waals surface area contributed by atoms with E-state index in [9.17, 15) is 9.90 Å². The van der Waals surface area contributed by atoms with E-state index in [1.807, 2.05) is 39.8 Å². The molecule has 1 aromatic heterocycles. The van der Waals surface area contributed by atoms with Crippen LogP contribution in [0.1, 0.15) is 52.7 Å². The van der Waals surface area contributed by atoms with Crippen molar-refractivity contribution in [3.8, 4) is 0 Å². The van der Waals surface area contributed by atoms with Gasteiger partial charge in [-0.15, -0.1) is 0 Å². The Labute approximate surface area is 123 Å². The Balaban J connectivity index is 2.45. The number of rotatable bonds is 1. The van der Waals surface area contributed by atoms with E-state index in [4.69, 9.17) is 9.72 Å². The van der Waals surface area contributed by atoms with Gasteiger partial charge in [0.1, 0.15) is 0 Å². The predicted octanol–water partition coefficient (Wildman–Crippen LogP) is 3.57. The molecule has 0 saturated heterocycles. The van der Waals surface area contributed by atoms with Gasteiger partial charge in [-0.2, -0.15) is 0 Å². The average molecular weight is 285 g/mol. The van der Waals surface area contributed by atoms with Crippen molar-refractivity contribution in [2.24, 2.45) is 0 Å². The SMILES string of the molecule is Cc1cc(C)c2c(C(=O)O)c3c(nc2c1)CC(C)OC3C. The zero-order valence-corrected chi connectivity index (χ0v) is 12.7. The van der Waals surface area contributed by atoms with E-state index < -0.39 is 5.97 Å². The van der Waals surface area contributed by atoms with Crippen LogP contribution in [-0.2, 0) is 11.2 Å². The second-order valence-corrected chi connectivity index (χ2v) is 5.92. The molecule has 21 heavy (non-hydrogen) atoms. The summed E-state index contributed by atoms with van der Waals surface area (Å²) in [5, 5.41) is 10.5. The summed E-state index contributed by atoms with van der Waals surface area (Å²) in [5.41, 5.74) is 4.76. The van der Waals surface area contributed by atoms with Crippen LogP contribution < -0.4 is 0 Å². The van der Waals surface area contributed by atoms with Crippen LogP contribution >= 0.6 is 0 Å². The van der Waals surface area contributed by atoms with Crippen molar-refractivity contribution in [2.45, 2.75) is 46.3 Å². The molecule has 1 N–H and O–H groups in total. The summed E-state index contributed by atoms with van der Waals surface area (Å²) in [5.74, 6) is -0.907. The van der Waals surface area contributed by atoms with Crippen LogP contribution in [0.5, 0.6) is 0 Å². The van der Waals surface area contributed by atoms with Crippen molar-refractivity contribution >= 4 is 16.9 Å². The van der Waals surface area contributed by atoms with Crippen molar-refractivity contribution in [2.75, 3.05) is 0 Å². The van der Waals surface area contributed by atoms with Gasteiger partial charge in [0.15, 0.2) is 0 Å². The van der Waals surface area contributed by atoms with Crippen LogP contribution in [-0.4, -0.2) is 22.2 Å². The highest BCUT2D eigenvalue weighted by molar-refractivity contribution is 6.05. The number of aromatic carboxylic acids is 1. The zero-order valence-electron chi connectivity index (χ0n) is 12.7. The molecule has 2 aromatic rings. The van der Waals surface area contributed by atoms with Crippen molar-refractivity contribution in [1.82, 2.24) is 4.98 Å². The summed E-state index contributed by atoms with van der Waals surface area (Å²) in [6, 6.07) is 3.96. The first-order valence-corrected chi connectivity index (χ1v) is 7.21. The van der Waals surface area contributed by atoms with Gasteiger partial charge in [0.2, 0.25) is 0 Å². The van der Waals surface area contributed by atoms with Crippen LogP contribution in [0.4, 0.5) is 0 Å². The molecule has 1 aliphatic rings. The van der Waals surface area contributed by atoms with E-state index >= 15 is 0 Å². The maximum absolute atomic E-state index is 11.9. The van der Waals surface area contributed by atoms with Gasteiger partial charge in [-0.3, -0.25) is 4.98 Å². The lowest BCUT2D eigenvalue weighted by Crippen LogP contribution is -2.26. The molecule has 2 atom stereocenters. The lowest BCUT2D eigenvalue weighted by Gasteiger charge is -2.29. The van der Waals surface area contributed by atoms with Crippen molar-refractivity contribution < 1.29 is 14.6 Å². The molecule has 2 heterocycles. The molecule has 0 saturated carbocycles. The van der Waals surface area contributed by atoms with Gasteiger partial charge in [0, 0.05) is 17.4 Å². The highest BCUT2D eigenvalue weighted by atomic mass is 16.5. The Bertz CT molecular complexity index is 752. The van der Waals surface area contributed by atoms with E-state index in [-0.39, 0.29) is 12.2 Å². The van der Waals surface area contributed by atoms with E-state index in [0.717, 1.165) is 33.3 Å². The minimum Gasteiger partial charge on any atom is -0.478 e. The molecule has 0 fully saturated rings. The summed E-state index contributed by atoms with van der Waals surface area (Å²) >= 11 is 0. The van der Waals surface area contributed by atoms with Crippen molar-refractivity contribution in [1.29, 1.82) is 0 Å². The maximum Gasteiger partial charge on any atom is 0.336 e. The Morgan fingerprint density at radius 1 is 1.33 bits per heavy atom. The molecule has 2 unspecified atom stereocenters. The number of aromatic nitrogens is 1. The molecule has 1 aromatic carbocycles. The topological polar surface area (TPSA) is 59.4 Å². The average Bonchev–Trinajstić information content (AvgIpc) is 2.35. The summed E-state index contributed by atoms with van der Waals surface area (Å²) in [7, 11) is 0. The van der Waals surface area contributed by atoms with E-state index in [2.05, 4.69) is 0 Å². The number of carbonyl (C=O) groups is 1. The standard InChI is InChI=1S/C17H19NO3/c1-8-5-9(2)14-12(6-8)18-13-7-10(3)21-11(4)15(13)16(14)17(19)20/h5-6,10-11H,7H2,1-4H3,(H,19,20). The quantitative estimate of drug-likeness (QED) is 0.870. The minimum atomic E-state index is -0.907. The third-order valence-electron chi connectivity index (χ3n) is 4.08. The number of hydrogen-bond acceptors (Lipinski definition) is 3. The number of carboxylic acid groups (broad SMARTS) is 1. The molecule has 3 rings (SSSR count). The Hall–Kier alpha value is -1.94. The molecular formula is C17H19NO3. The number of ether oxygens (including phenoxy) is 1. The van der Waals surface area contributed by atoms with Gasteiger partial charge in [0.05, 0.1) is 29.0 Å². The van der Waals surface area contributed by atoms with Gasteiger partial charge < -0.3 is 9.84 Å². The van der Waals surface area contributed by atoms with Crippen LogP contribution in [0.2, 0.25) is 0 Å². The third kappa shape index (κ3) is 2.20.